The van der Waals surface area contributed by atoms with Crippen molar-refractivity contribution in [3.05, 3.63) is 27.9 Å². The monoisotopic (exact) mass is 259 g/mol. The molecule has 0 spiro atoms. The Morgan fingerprint density at radius 1 is 1.71 bits per heavy atom. The Bertz CT molecular complexity index is 447. The number of carbonyl (C=O) groups is 1. The summed E-state index contributed by atoms with van der Waals surface area (Å²) in [6, 6.07) is 0.532. The van der Waals surface area contributed by atoms with E-state index in [9.17, 15) is 9.59 Å². The average molecular weight is 260 g/mol. The van der Waals surface area contributed by atoms with Gasteiger partial charge < -0.3 is 10.1 Å². The SMILES string of the molecule is COCCNC(=O)C(C)n1cnc(Cl)cc1=O. The molecule has 1 atom stereocenters. The van der Waals surface area contributed by atoms with Gasteiger partial charge in [0.05, 0.1) is 12.9 Å². The molecule has 1 aromatic heterocycles. The van der Waals surface area contributed by atoms with Gasteiger partial charge in [-0.1, -0.05) is 11.6 Å². The van der Waals surface area contributed by atoms with Crippen molar-refractivity contribution in [3.63, 3.8) is 0 Å². The second kappa shape index (κ2) is 6.36. The molecule has 1 heterocycles. The van der Waals surface area contributed by atoms with Crippen molar-refractivity contribution in [1.82, 2.24) is 14.9 Å². The molecule has 1 rings (SSSR count). The second-order valence-electron chi connectivity index (χ2n) is 3.42. The fourth-order valence-corrected chi connectivity index (χ4v) is 1.37. The molecule has 0 saturated heterocycles. The molecule has 94 valence electrons. The van der Waals surface area contributed by atoms with Gasteiger partial charge in [0, 0.05) is 19.7 Å². The summed E-state index contributed by atoms with van der Waals surface area (Å²) < 4.78 is 6.02. The van der Waals surface area contributed by atoms with Gasteiger partial charge in [-0.25, -0.2) is 4.98 Å². The van der Waals surface area contributed by atoms with Crippen molar-refractivity contribution >= 4 is 17.5 Å². The first-order valence-electron chi connectivity index (χ1n) is 5.06. The summed E-state index contributed by atoms with van der Waals surface area (Å²) in [5, 5.41) is 2.75. The van der Waals surface area contributed by atoms with Crippen LogP contribution in [0.15, 0.2) is 17.2 Å². The lowest BCUT2D eigenvalue weighted by atomic mass is 10.3. The quantitative estimate of drug-likeness (QED) is 0.606. The Balaban J connectivity index is 2.71. The molecule has 0 aliphatic heterocycles. The van der Waals surface area contributed by atoms with E-state index in [-0.39, 0.29) is 16.6 Å². The number of hydrogen-bond donors (Lipinski definition) is 1. The first-order valence-corrected chi connectivity index (χ1v) is 5.44. The van der Waals surface area contributed by atoms with E-state index in [2.05, 4.69) is 10.3 Å². The fraction of sp³-hybridized carbons (Fsp3) is 0.500. The van der Waals surface area contributed by atoms with Crippen molar-refractivity contribution in [1.29, 1.82) is 0 Å². The Morgan fingerprint density at radius 2 is 2.41 bits per heavy atom. The van der Waals surface area contributed by atoms with Gasteiger partial charge in [-0.2, -0.15) is 0 Å². The number of hydrogen-bond acceptors (Lipinski definition) is 4. The standard InChI is InChI=1S/C10H14ClN3O3/c1-7(10(16)12-3-4-17-2)14-6-13-8(11)5-9(14)15/h5-7H,3-4H2,1-2H3,(H,12,16). The van der Waals surface area contributed by atoms with Gasteiger partial charge in [-0.05, 0) is 6.92 Å². The maximum atomic E-state index is 11.7. The van der Waals surface area contributed by atoms with Crippen LogP contribution in [-0.4, -0.2) is 35.7 Å². The molecular weight excluding hydrogens is 246 g/mol. The number of methoxy groups -OCH3 is 1. The third-order valence-corrected chi connectivity index (χ3v) is 2.41. The third kappa shape index (κ3) is 3.83. The summed E-state index contributed by atoms with van der Waals surface area (Å²) >= 11 is 5.56. The van der Waals surface area contributed by atoms with Gasteiger partial charge in [-0.15, -0.1) is 0 Å². The van der Waals surface area contributed by atoms with E-state index < -0.39 is 6.04 Å². The zero-order valence-electron chi connectivity index (χ0n) is 9.64. The third-order valence-electron chi connectivity index (χ3n) is 2.20. The molecular formula is C10H14ClN3O3. The van der Waals surface area contributed by atoms with Crippen molar-refractivity contribution in [2.45, 2.75) is 13.0 Å². The Morgan fingerprint density at radius 3 is 3.00 bits per heavy atom. The summed E-state index contributed by atoms with van der Waals surface area (Å²) in [6.07, 6.45) is 1.26. The van der Waals surface area contributed by atoms with Crippen LogP contribution in [0, 0.1) is 0 Å². The van der Waals surface area contributed by atoms with Crippen LogP contribution in [-0.2, 0) is 9.53 Å². The lowest BCUT2D eigenvalue weighted by Crippen LogP contribution is -2.37. The molecule has 0 bridgehead atoms. The lowest BCUT2D eigenvalue weighted by molar-refractivity contribution is -0.124. The summed E-state index contributed by atoms with van der Waals surface area (Å²) in [5.74, 6) is -0.270. The van der Waals surface area contributed by atoms with Crippen molar-refractivity contribution in [2.75, 3.05) is 20.3 Å². The van der Waals surface area contributed by atoms with E-state index >= 15 is 0 Å². The molecule has 0 fully saturated rings. The first-order chi connectivity index (χ1) is 8.06. The maximum absolute atomic E-state index is 11.7. The van der Waals surface area contributed by atoms with E-state index in [1.807, 2.05) is 0 Å². The van der Waals surface area contributed by atoms with Crippen LogP contribution in [0.4, 0.5) is 0 Å². The molecule has 1 amide bonds. The predicted molar refractivity (Wildman–Crippen MR) is 63.1 cm³/mol. The van der Waals surface area contributed by atoms with Gasteiger partial charge in [-0.3, -0.25) is 14.2 Å². The molecule has 0 aliphatic rings. The molecule has 0 saturated carbocycles. The van der Waals surface area contributed by atoms with E-state index in [4.69, 9.17) is 16.3 Å². The first kappa shape index (κ1) is 13.7. The zero-order valence-corrected chi connectivity index (χ0v) is 10.4. The molecule has 0 radical (unpaired) electrons. The minimum Gasteiger partial charge on any atom is -0.383 e. The average Bonchev–Trinajstić information content (AvgIpc) is 2.28. The highest BCUT2D eigenvalue weighted by Gasteiger charge is 2.15. The van der Waals surface area contributed by atoms with Crippen LogP contribution in [0.2, 0.25) is 5.15 Å². The summed E-state index contributed by atoms with van der Waals surface area (Å²) in [6.45, 7) is 2.43. The largest absolute Gasteiger partial charge is 0.383 e. The highest BCUT2D eigenvalue weighted by atomic mass is 35.5. The summed E-state index contributed by atoms with van der Waals surface area (Å²) in [5.41, 5.74) is -0.362. The number of halogens is 1. The molecule has 6 nitrogen and oxygen atoms in total. The predicted octanol–water partition coefficient (Wildman–Crippen LogP) is 0.220. The van der Waals surface area contributed by atoms with E-state index in [0.717, 1.165) is 0 Å². The topological polar surface area (TPSA) is 73.2 Å². The van der Waals surface area contributed by atoms with Crippen molar-refractivity contribution < 1.29 is 9.53 Å². The lowest BCUT2D eigenvalue weighted by Gasteiger charge is -2.14. The molecule has 1 aromatic rings. The van der Waals surface area contributed by atoms with Gasteiger partial charge in [0.15, 0.2) is 0 Å². The molecule has 0 aromatic carbocycles. The van der Waals surface area contributed by atoms with Crippen molar-refractivity contribution in [3.8, 4) is 0 Å². The Labute approximate surface area is 104 Å². The number of ether oxygens (including phenoxy) is 1. The van der Waals surface area contributed by atoms with Crippen LogP contribution < -0.4 is 10.9 Å². The normalized spacial score (nSPS) is 12.2. The van der Waals surface area contributed by atoms with Crippen LogP contribution in [0.3, 0.4) is 0 Å². The van der Waals surface area contributed by atoms with Gasteiger partial charge in [0.25, 0.3) is 5.56 Å². The number of rotatable bonds is 5. The number of nitrogens with zero attached hydrogens (tertiary/aromatic N) is 2. The highest BCUT2D eigenvalue weighted by Crippen LogP contribution is 2.03. The molecule has 1 N–H and O–H groups in total. The van der Waals surface area contributed by atoms with Gasteiger partial charge in [0.1, 0.15) is 11.2 Å². The molecule has 17 heavy (non-hydrogen) atoms. The smallest absolute Gasteiger partial charge is 0.255 e. The van der Waals surface area contributed by atoms with Gasteiger partial charge in [0.2, 0.25) is 5.91 Å². The van der Waals surface area contributed by atoms with E-state index in [1.165, 1.54) is 17.0 Å². The fourth-order valence-electron chi connectivity index (χ4n) is 1.23. The van der Waals surface area contributed by atoms with E-state index in [0.29, 0.717) is 13.2 Å². The number of nitrogens with one attached hydrogen (secondary N) is 1. The van der Waals surface area contributed by atoms with Crippen LogP contribution >= 0.6 is 11.6 Å². The Kier molecular flexibility index (Phi) is 5.11. The van der Waals surface area contributed by atoms with Crippen LogP contribution in [0.5, 0.6) is 0 Å². The molecule has 1 unspecified atom stereocenters. The highest BCUT2D eigenvalue weighted by molar-refractivity contribution is 6.29. The molecule has 0 aliphatic carbocycles. The van der Waals surface area contributed by atoms with E-state index in [1.54, 1.807) is 14.0 Å². The minimum atomic E-state index is -0.635. The van der Waals surface area contributed by atoms with Gasteiger partial charge >= 0.3 is 0 Å². The number of carbonyl (C=O) groups excluding carboxylic acids is 1. The van der Waals surface area contributed by atoms with Crippen LogP contribution in [0.1, 0.15) is 13.0 Å². The number of amides is 1. The van der Waals surface area contributed by atoms with Crippen molar-refractivity contribution in [2.24, 2.45) is 0 Å². The maximum Gasteiger partial charge on any atom is 0.255 e. The Hall–Kier alpha value is -1.40. The zero-order chi connectivity index (χ0) is 12.8. The van der Waals surface area contributed by atoms with Crippen LogP contribution in [0.25, 0.3) is 0 Å². The molecule has 7 heteroatoms. The summed E-state index contributed by atoms with van der Waals surface area (Å²) in [7, 11) is 1.54. The summed E-state index contributed by atoms with van der Waals surface area (Å²) in [4.78, 5) is 27.0. The minimum absolute atomic E-state index is 0.109. The second-order valence-corrected chi connectivity index (χ2v) is 3.80. The number of aromatic nitrogens is 2.